The molecule has 0 spiro atoms. The monoisotopic (exact) mass is 719 g/mol. The van der Waals surface area contributed by atoms with Gasteiger partial charge in [0.2, 0.25) is 0 Å². The highest BCUT2D eigenvalue weighted by atomic mass is 16.3. The van der Waals surface area contributed by atoms with E-state index in [4.69, 9.17) is 0 Å². The third-order valence-corrected chi connectivity index (χ3v) is 12.2. The second-order valence-corrected chi connectivity index (χ2v) is 15.2. The lowest BCUT2D eigenvalue weighted by Crippen LogP contribution is -2.24. The zero-order valence-electron chi connectivity index (χ0n) is 31.8. The van der Waals surface area contributed by atoms with Gasteiger partial charge in [0.25, 0.3) is 0 Å². The summed E-state index contributed by atoms with van der Waals surface area (Å²) in [5.74, 6) is 0.296. The molecule has 0 aliphatic heterocycles. The Morgan fingerprint density at radius 1 is 0.464 bits per heavy atom. The predicted octanol–water partition coefficient (Wildman–Crippen LogP) is 14.5. The summed E-state index contributed by atoms with van der Waals surface area (Å²) in [6, 6.07) is 67.3. The number of hydrogen-bond acceptors (Lipinski definition) is 2. The number of hydrogen-bond donors (Lipinski definition) is 1. The molecule has 9 aromatic rings. The minimum atomic E-state index is -0.422. The summed E-state index contributed by atoms with van der Waals surface area (Å²) in [6.07, 6.45) is 0. The molecule has 0 heterocycles. The molecule has 268 valence electrons. The van der Waals surface area contributed by atoms with Crippen molar-refractivity contribution in [3.63, 3.8) is 0 Å². The van der Waals surface area contributed by atoms with E-state index in [1.54, 1.807) is 0 Å². The van der Waals surface area contributed by atoms with E-state index in [2.05, 4.69) is 208 Å². The summed E-state index contributed by atoms with van der Waals surface area (Å²) in [4.78, 5) is 2.25. The van der Waals surface area contributed by atoms with Crippen LogP contribution in [0, 0.1) is 13.8 Å². The van der Waals surface area contributed by atoms with Gasteiger partial charge in [0.15, 0.2) is 0 Å². The van der Waals surface area contributed by atoms with Gasteiger partial charge in [-0.2, -0.15) is 0 Å². The van der Waals surface area contributed by atoms with Crippen LogP contribution in [0.3, 0.4) is 0 Å². The first-order chi connectivity index (χ1) is 27.4. The van der Waals surface area contributed by atoms with Crippen LogP contribution in [0.5, 0.6) is 5.75 Å². The quantitative estimate of drug-likeness (QED) is 0.173. The lowest BCUT2D eigenvalue weighted by molar-refractivity contribution is 0.472. The molecule has 1 aliphatic carbocycles. The molecule has 0 bridgehead atoms. The number of benzene rings is 9. The average Bonchev–Trinajstić information content (AvgIpc) is 3.54. The van der Waals surface area contributed by atoms with Gasteiger partial charge in [-0.3, -0.25) is 0 Å². The number of fused-ring (bicyclic) bond motifs is 6. The van der Waals surface area contributed by atoms with Crippen LogP contribution in [0.1, 0.15) is 34.7 Å². The maximum atomic E-state index is 12.5. The fourth-order valence-electron chi connectivity index (χ4n) is 9.47. The first-order valence-electron chi connectivity index (χ1n) is 19.4. The summed E-state index contributed by atoms with van der Waals surface area (Å²) in [6.45, 7) is 6.62. The van der Waals surface area contributed by atoms with Crippen molar-refractivity contribution < 1.29 is 5.11 Å². The Morgan fingerprint density at radius 2 is 1.00 bits per heavy atom. The van der Waals surface area contributed by atoms with Gasteiger partial charge < -0.3 is 10.0 Å². The van der Waals surface area contributed by atoms with Gasteiger partial charge in [-0.1, -0.05) is 158 Å². The number of phenolic OH excluding ortho intramolecular Hbond substituents is 1. The molecule has 2 heteroatoms. The molecule has 0 amide bonds. The summed E-state index contributed by atoms with van der Waals surface area (Å²) < 4.78 is 0. The van der Waals surface area contributed by atoms with Crippen LogP contribution in [0.2, 0.25) is 0 Å². The molecule has 10 rings (SSSR count). The Morgan fingerprint density at radius 3 is 1.70 bits per heavy atom. The molecule has 1 atom stereocenters. The summed E-state index contributed by atoms with van der Waals surface area (Å²) in [5, 5.41) is 17.5. The van der Waals surface area contributed by atoms with Crippen LogP contribution in [-0.4, -0.2) is 5.11 Å². The highest BCUT2D eigenvalue weighted by Crippen LogP contribution is 2.59. The van der Waals surface area contributed by atoms with Crippen molar-refractivity contribution in [1.82, 2.24) is 0 Å². The van der Waals surface area contributed by atoms with Gasteiger partial charge in [0.1, 0.15) is 5.75 Å². The Bertz CT molecular complexity index is 2930. The number of anilines is 3. The second-order valence-electron chi connectivity index (χ2n) is 15.2. The molecule has 0 saturated carbocycles. The third-order valence-electron chi connectivity index (χ3n) is 12.2. The highest BCUT2D eigenvalue weighted by Gasteiger charge is 2.44. The van der Waals surface area contributed by atoms with E-state index in [0.29, 0.717) is 5.75 Å². The SMILES string of the molecule is Cc1c(O)c(N(c2ccc(-c3ccccc3)cc2)c2ccc(-c3cc4ccccc4c4ccccc34)cc2)c(C)c2c1-c1ccccc1C2(C)c1ccccc1. The summed E-state index contributed by atoms with van der Waals surface area (Å²) in [7, 11) is 0. The van der Waals surface area contributed by atoms with Gasteiger partial charge >= 0.3 is 0 Å². The largest absolute Gasteiger partial charge is 0.505 e. The highest BCUT2D eigenvalue weighted by molar-refractivity contribution is 6.13. The van der Waals surface area contributed by atoms with Crippen molar-refractivity contribution in [1.29, 1.82) is 0 Å². The van der Waals surface area contributed by atoms with Gasteiger partial charge in [-0.15, -0.1) is 0 Å². The van der Waals surface area contributed by atoms with Crippen molar-refractivity contribution in [3.8, 4) is 39.1 Å². The molecule has 0 aromatic heterocycles. The Hall–Kier alpha value is -6.90. The molecule has 56 heavy (non-hydrogen) atoms. The van der Waals surface area contributed by atoms with Crippen molar-refractivity contribution in [3.05, 3.63) is 216 Å². The smallest absolute Gasteiger partial charge is 0.143 e. The molecule has 9 aromatic carbocycles. The van der Waals surface area contributed by atoms with E-state index in [0.717, 1.165) is 44.9 Å². The topological polar surface area (TPSA) is 23.5 Å². The van der Waals surface area contributed by atoms with Gasteiger partial charge in [-0.25, -0.2) is 0 Å². The fraction of sp³-hybridized carbons (Fsp3) is 0.0741. The normalized spacial score (nSPS) is 14.5. The number of rotatable bonds is 6. The van der Waals surface area contributed by atoms with Gasteiger partial charge in [0, 0.05) is 22.4 Å². The number of nitrogens with zero attached hydrogens (tertiary/aromatic N) is 1. The molecule has 1 N–H and O–H groups in total. The van der Waals surface area contributed by atoms with Crippen LogP contribution in [0.25, 0.3) is 54.9 Å². The minimum Gasteiger partial charge on any atom is -0.505 e. The van der Waals surface area contributed by atoms with Gasteiger partial charge in [0.05, 0.1) is 5.69 Å². The van der Waals surface area contributed by atoms with Crippen LogP contribution in [0.15, 0.2) is 188 Å². The van der Waals surface area contributed by atoms with Gasteiger partial charge in [-0.05, 0) is 128 Å². The molecule has 0 saturated heterocycles. The van der Waals surface area contributed by atoms with E-state index in [-0.39, 0.29) is 0 Å². The van der Waals surface area contributed by atoms with Crippen LogP contribution < -0.4 is 4.90 Å². The molecule has 1 unspecified atom stereocenters. The average molecular weight is 720 g/mol. The molecular weight excluding hydrogens is 679 g/mol. The van der Waals surface area contributed by atoms with Crippen molar-refractivity contribution in [2.24, 2.45) is 0 Å². The van der Waals surface area contributed by atoms with Crippen LogP contribution >= 0.6 is 0 Å². The summed E-state index contributed by atoms with van der Waals surface area (Å²) in [5.41, 5.74) is 15.0. The zero-order chi connectivity index (χ0) is 38.0. The van der Waals surface area contributed by atoms with Crippen LogP contribution in [0.4, 0.5) is 17.1 Å². The second kappa shape index (κ2) is 13.1. The standard InChI is InChI=1S/C54H41NO/c1-35-50-47-24-14-15-25-49(47)54(3,41-19-8-5-9-20-41)51(50)36(2)52(53(35)56)55(42-30-26-38(27-31-42)37-16-6-4-7-17-37)43-32-28-39(29-33-43)48-34-40-18-10-11-21-44(40)45-22-12-13-23-46(45)48/h4-34,56H,1-3H3. The first-order valence-corrected chi connectivity index (χ1v) is 19.4. The van der Waals surface area contributed by atoms with E-state index >= 15 is 0 Å². The Labute approximate surface area is 328 Å². The Kier molecular flexibility index (Phi) is 7.90. The Balaban J connectivity index is 1.19. The van der Waals surface area contributed by atoms with E-state index < -0.39 is 5.41 Å². The maximum Gasteiger partial charge on any atom is 0.143 e. The zero-order valence-corrected chi connectivity index (χ0v) is 31.8. The summed E-state index contributed by atoms with van der Waals surface area (Å²) >= 11 is 0. The molecular formula is C54H41NO. The van der Waals surface area contributed by atoms with Crippen LogP contribution in [-0.2, 0) is 5.41 Å². The third kappa shape index (κ3) is 5.10. The number of phenols is 1. The molecule has 2 nitrogen and oxygen atoms in total. The lowest BCUT2D eigenvalue weighted by Gasteiger charge is -2.34. The van der Waals surface area contributed by atoms with Crippen molar-refractivity contribution >= 4 is 38.6 Å². The molecule has 0 fully saturated rings. The minimum absolute atomic E-state index is 0.296. The van der Waals surface area contributed by atoms with Crippen molar-refractivity contribution in [2.45, 2.75) is 26.2 Å². The maximum absolute atomic E-state index is 12.5. The number of aromatic hydroxyl groups is 1. The van der Waals surface area contributed by atoms with E-state index in [1.165, 1.54) is 54.9 Å². The fourth-order valence-corrected chi connectivity index (χ4v) is 9.47. The lowest BCUT2D eigenvalue weighted by atomic mass is 9.72. The molecule has 0 radical (unpaired) electrons. The van der Waals surface area contributed by atoms with Crippen molar-refractivity contribution in [2.75, 3.05) is 4.90 Å². The van der Waals surface area contributed by atoms with E-state index in [9.17, 15) is 5.11 Å². The van der Waals surface area contributed by atoms with E-state index in [1.807, 2.05) is 6.07 Å². The first kappa shape index (κ1) is 33.7. The predicted molar refractivity (Wildman–Crippen MR) is 236 cm³/mol. The molecule has 1 aliphatic rings.